The van der Waals surface area contributed by atoms with Crippen LogP contribution in [-0.2, 0) is 20.7 Å². The van der Waals surface area contributed by atoms with E-state index in [9.17, 15) is 19.5 Å². The standard InChI is InChI=1S/C27H38N2O6/c1-26(2,3)35-25(33)29-14-23(31)28-15-24(32)34-17-6-8-18-16(13-17)5-7-20-19(18)11-12-27(4)21(20)9-10-22(27)30/h6,8,13,19-22,30H,5,7,9-12,14-15H2,1-4H3,(H,28,31)(H,29,33)/t19-,20-,21+,22+,27+/m1/s1. The molecule has 3 N–H and O–H groups in total. The summed E-state index contributed by atoms with van der Waals surface area (Å²) in [5.41, 5.74) is 1.98. The highest BCUT2D eigenvalue weighted by Gasteiger charge is 2.54. The van der Waals surface area contributed by atoms with Gasteiger partial charge in [-0.25, -0.2) is 9.59 Å². The second kappa shape index (κ2) is 9.80. The topological polar surface area (TPSA) is 114 Å². The largest absolute Gasteiger partial charge is 0.444 e. The number of rotatable bonds is 5. The molecule has 0 unspecified atom stereocenters. The number of esters is 1. The molecule has 2 amide bonds. The number of ether oxygens (including phenoxy) is 2. The van der Waals surface area contributed by atoms with E-state index >= 15 is 0 Å². The molecule has 0 heterocycles. The molecule has 8 nitrogen and oxygen atoms in total. The van der Waals surface area contributed by atoms with Gasteiger partial charge in [-0.3, -0.25) is 4.79 Å². The number of alkyl carbamates (subject to hydrolysis) is 1. The van der Waals surface area contributed by atoms with Gasteiger partial charge in [-0.15, -0.1) is 0 Å². The molecule has 0 aromatic heterocycles. The van der Waals surface area contributed by atoms with Crippen LogP contribution in [0.2, 0.25) is 0 Å². The Balaban J connectivity index is 1.28. The zero-order chi connectivity index (χ0) is 25.4. The molecule has 3 aliphatic carbocycles. The summed E-state index contributed by atoms with van der Waals surface area (Å²) in [5, 5.41) is 15.4. The van der Waals surface area contributed by atoms with E-state index in [2.05, 4.69) is 23.6 Å². The monoisotopic (exact) mass is 486 g/mol. The van der Waals surface area contributed by atoms with Crippen LogP contribution in [0.5, 0.6) is 5.75 Å². The van der Waals surface area contributed by atoms with Gasteiger partial charge < -0.3 is 25.2 Å². The maximum absolute atomic E-state index is 12.3. The number of aliphatic hydroxyl groups is 1. The highest BCUT2D eigenvalue weighted by molar-refractivity contribution is 5.86. The number of hydrogen-bond donors (Lipinski definition) is 3. The van der Waals surface area contributed by atoms with Gasteiger partial charge in [0.25, 0.3) is 0 Å². The molecule has 0 aliphatic heterocycles. The van der Waals surface area contributed by atoms with E-state index in [0.29, 0.717) is 23.5 Å². The number of aryl methyl sites for hydroxylation is 1. The molecule has 1 aromatic carbocycles. The first-order valence-electron chi connectivity index (χ1n) is 12.7. The summed E-state index contributed by atoms with van der Waals surface area (Å²) in [6, 6.07) is 5.88. The van der Waals surface area contributed by atoms with Crippen LogP contribution in [0.25, 0.3) is 0 Å². The second-order valence-corrected chi connectivity index (χ2v) is 11.5. The molecule has 0 saturated heterocycles. The van der Waals surface area contributed by atoms with Crippen LogP contribution in [0.3, 0.4) is 0 Å². The molecule has 0 spiro atoms. The van der Waals surface area contributed by atoms with E-state index in [1.54, 1.807) is 20.8 Å². The highest BCUT2D eigenvalue weighted by Crippen LogP contribution is 2.60. The summed E-state index contributed by atoms with van der Waals surface area (Å²) in [6.45, 7) is 6.88. The molecule has 8 heteroatoms. The zero-order valence-electron chi connectivity index (χ0n) is 21.2. The number of benzene rings is 1. The fourth-order valence-electron chi connectivity index (χ4n) is 6.46. The Labute approximate surface area is 207 Å². The van der Waals surface area contributed by atoms with E-state index < -0.39 is 23.6 Å². The zero-order valence-corrected chi connectivity index (χ0v) is 21.2. The SMILES string of the molecule is CC(C)(C)OC(=O)NCC(=O)NCC(=O)Oc1ccc2c(c1)CC[C@@H]1[C@@H]2CC[C@]2(C)[C@@H](O)CC[C@@H]12. The molecule has 5 atom stereocenters. The second-order valence-electron chi connectivity index (χ2n) is 11.5. The average Bonchev–Trinajstić information content (AvgIpc) is 3.09. The molecule has 2 fully saturated rings. The lowest BCUT2D eigenvalue weighted by Gasteiger charge is -2.50. The first-order valence-corrected chi connectivity index (χ1v) is 12.7. The molecule has 3 aliphatic rings. The van der Waals surface area contributed by atoms with Crippen molar-refractivity contribution in [2.45, 2.75) is 83.8 Å². The van der Waals surface area contributed by atoms with Crippen LogP contribution in [0, 0.1) is 17.3 Å². The number of hydrogen-bond acceptors (Lipinski definition) is 6. The van der Waals surface area contributed by atoms with Gasteiger partial charge in [-0.1, -0.05) is 13.0 Å². The van der Waals surface area contributed by atoms with Gasteiger partial charge in [0.2, 0.25) is 5.91 Å². The van der Waals surface area contributed by atoms with Gasteiger partial charge in [0.05, 0.1) is 6.10 Å². The highest BCUT2D eigenvalue weighted by atomic mass is 16.6. The summed E-state index contributed by atoms with van der Waals surface area (Å²) in [4.78, 5) is 35.8. The lowest BCUT2D eigenvalue weighted by atomic mass is 9.55. The number of fused-ring (bicyclic) bond motifs is 5. The third-order valence-corrected chi connectivity index (χ3v) is 8.10. The van der Waals surface area contributed by atoms with Crippen LogP contribution in [0.15, 0.2) is 18.2 Å². The molecular formula is C27H38N2O6. The van der Waals surface area contributed by atoms with E-state index in [1.807, 2.05) is 12.1 Å². The molecule has 0 bridgehead atoms. The van der Waals surface area contributed by atoms with E-state index in [0.717, 1.165) is 38.5 Å². The van der Waals surface area contributed by atoms with Crippen molar-refractivity contribution in [3.8, 4) is 5.75 Å². The van der Waals surface area contributed by atoms with Crippen molar-refractivity contribution in [1.82, 2.24) is 10.6 Å². The van der Waals surface area contributed by atoms with Crippen molar-refractivity contribution in [2.75, 3.05) is 13.1 Å². The molecule has 1 aromatic rings. The maximum atomic E-state index is 12.3. The Morgan fingerprint density at radius 2 is 1.86 bits per heavy atom. The average molecular weight is 487 g/mol. The predicted molar refractivity (Wildman–Crippen MR) is 130 cm³/mol. The molecule has 35 heavy (non-hydrogen) atoms. The molecule has 0 radical (unpaired) electrons. The lowest BCUT2D eigenvalue weighted by molar-refractivity contribution is -0.135. The smallest absolute Gasteiger partial charge is 0.408 e. The maximum Gasteiger partial charge on any atom is 0.408 e. The Bertz CT molecular complexity index is 986. The van der Waals surface area contributed by atoms with Crippen molar-refractivity contribution in [2.24, 2.45) is 17.3 Å². The van der Waals surface area contributed by atoms with Crippen molar-refractivity contribution in [3.05, 3.63) is 29.3 Å². The first kappa shape index (κ1) is 25.5. The van der Waals surface area contributed by atoms with Crippen molar-refractivity contribution in [1.29, 1.82) is 0 Å². The van der Waals surface area contributed by atoms with Gasteiger partial charge in [0.15, 0.2) is 0 Å². The normalized spacial score (nSPS) is 29.3. The summed E-state index contributed by atoms with van der Waals surface area (Å²) in [6.07, 6.45) is 5.34. The Morgan fingerprint density at radius 3 is 2.60 bits per heavy atom. The third kappa shape index (κ3) is 5.63. The van der Waals surface area contributed by atoms with Crippen LogP contribution in [0.4, 0.5) is 4.79 Å². The Hall–Kier alpha value is -2.61. The molecular weight excluding hydrogens is 448 g/mol. The first-order chi connectivity index (χ1) is 16.5. The Morgan fingerprint density at radius 1 is 1.09 bits per heavy atom. The summed E-state index contributed by atoms with van der Waals surface area (Å²) in [5.74, 6) is 1.09. The fourth-order valence-corrected chi connectivity index (χ4v) is 6.46. The quantitative estimate of drug-likeness (QED) is 0.434. The Kier molecular flexibility index (Phi) is 7.13. The number of carbonyl (C=O) groups is 3. The minimum atomic E-state index is -0.696. The number of aliphatic hydroxyl groups excluding tert-OH is 1. The molecule has 4 rings (SSSR count). The van der Waals surface area contributed by atoms with Crippen LogP contribution < -0.4 is 15.4 Å². The molecule has 192 valence electrons. The lowest BCUT2D eigenvalue weighted by Crippen LogP contribution is -2.43. The van der Waals surface area contributed by atoms with Crippen LogP contribution in [-0.4, -0.2) is 47.9 Å². The fraction of sp³-hybridized carbons (Fsp3) is 0.667. The van der Waals surface area contributed by atoms with Gasteiger partial charge >= 0.3 is 12.1 Å². The number of nitrogens with one attached hydrogen (secondary N) is 2. The van der Waals surface area contributed by atoms with E-state index in [-0.39, 0.29) is 24.6 Å². The third-order valence-electron chi connectivity index (χ3n) is 8.10. The minimum absolute atomic E-state index is 0.0565. The summed E-state index contributed by atoms with van der Waals surface area (Å²) in [7, 11) is 0. The van der Waals surface area contributed by atoms with Gasteiger partial charge in [-0.2, -0.15) is 0 Å². The number of carbonyl (C=O) groups excluding carboxylic acids is 3. The van der Waals surface area contributed by atoms with Crippen LogP contribution >= 0.6 is 0 Å². The predicted octanol–water partition coefficient (Wildman–Crippen LogP) is 3.45. The van der Waals surface area contributed by atoms with E-state index in [1.165, 1.54) is 11.1 Å². The van der Waals surface area contributed by atoms with Gasteiger partial charge in [0, 0.05) is 0 Å². The van der Waals surface area contributed by atoms with Gasteiger partial charge in [0.1, 0.15) is 24.4 Å². The molecule has 2 saturated carbocycles. The minimum Gasteiger partial charge on any atom is -0.444 e. The summed E-state index contributed by atoms with van der Waals surface area (Å²) < 4.78 is 10.5. The van der Waals surface area contributed by atoms with Crippen molar-refractivity contribution >= 4 is 18.0 Å². The van der Waals surface area contributed by atoms with Crippen molar-refractivity contribution < 1.29 is 29.0 Å². The number of amides is 2. The summed E-state index contributed by atoms with van der Waals surface area (Å²) >= 11 is 0. The van der Waals surface area contributed by atoms with Crippen molar-refractivity contribution in [3.63, 3.8) is 0 Å². The van der Waals surface area contributed by atoms with Crippen LogP contribution in [0.1, 0.15) is 76.8 Å². The van der Waals surface area contributed by atoms with Gasteiger partial charge in [-0.05, 0) is 106 Å². The van der Waals surface area contributed by atoms with E-state index in [4.69, 9.17) is 9.47 Å².